The van der Waals surface area contributed by atoms with Crippen LogP contribution in [0.3, 0.4) is 0 Å². The van der Waals surface area contributed by atoms with Crippen LogP contribution in [-0.2, 0) is 19.1 Å². The molecule has 1 saturated heterocycles. The van der Waals surface area contributed by atoms with Gasteiger partial charge in [0.15, 0.2) is 5.79 Å². The molecule has 1 aromatic carbocycles. The predicted octanol–water partition coefficient (Wildman–Crippen LogP) is 2.74. The minimum absolute atomic E-state index is 0.201. The van der Waals surface area contributed by atoms with Gasteiger partial charge < -0.3 is 20.1 Å². The minimum atomic E-state index is -0.661. The summed E-state index contributed by atoms with van der Waals surface area (Å²) in [6.45, 7) is 6.57. The van der Waals surface area contributed by atoms with Gasteiger partial charge in [0.25, 0.3) is 0 Å². The summed E-state index contributed by atoms with van der Waals surface area (Å²) in [4.78, 5) is 24.3. The van der Waals surface area contributed by atoms with Crippen LogP contribution in [0.15, 0.2) is 12.1 Å². The second kappa shape index (κ2) is 7.76. The lowest BCUT2D eigenvalue weighted by atomic mass is 9.94. The van der Waals surface area contributed by atoms with Gasteiger partial charge >= 0.3 is 11.8 Å². The first kappa shape index (κ1) is 18.9. The molecule has 1 spiro atoms. The third-order valence-corrected chi connectivity index (χ3v) is 5.14. The van der Waals surface area contributed by atoms with Gasteiger partial charge in [0.1, 0.15) is 6.10 Å². The molecular weight excluding hydrogens is 332 g/mol. The molecule has 1 aliphatic heterocycles. The molecule has 6 nitrogen and oxygen atoms in total. The third kappa shape index (κ3) is 4.24. The number of carbonyl (C=O) groups excluding carboxylic acids is 2. The summed E-state index contributed by atoms with van der Waals surface area (Å²) in [6, 6.07) is 3.96. The Morgan fingerprint density at radius 2 is 1.73 bits per heavy atom. The average molecular weight is 360 g/mol. The second-order valence-electron chi connectivity index (χ2n) is 7.46. The normalized spacial score (nSPS) is 21.6. The first-order valence-electron chi connectivity index (χ1n) is 9.37. The lowest BCUT2D eigenvalue weighted by Crippen LogP contribution is -2.41. The van der Waals surface area contributed by atoms with Crippen LogP contribution in [0.4, 0.5) is 5.69 Å². The van der Waals surface area contributed by atoms with E-state index >= 15 is 0 Å². The second-order valence-corrected chi connectivity index (χ2v) is 7.46. The van der Waals surface area contributed by atoms with Crippen molar-refractivity contribution < 1.29 is 19.1 Å². The Morgan fingerprint density at radius 1 is 1.08 bits per heavy atom. The van der Waals surface area contributed by atoms with Crippen molar-refractivity contribution in [3.8, 4) is 0 Å². The Morgan fingerprint density at radius 3 is 2.38 bits per heavy atom. The quantitative estimate of drug-likeness (QED) is 0.813. The van der Waals surface area contributed by atoms with Crippen molar-refractivity contribution >= 4 is 17.5 Å². The van der Waals surface area contributed by atoms with Crippen molar-refractivity contribution in [1.29, 1.82) is 0 Å². The van der Waals surface area contributed by atoms with E-state index in [0.29, 0.717) is 12.3 Å². The highest BCUT2D eigenvalue weighted by atomic mass is 16.7. The van der Waals surface area contributed by atoms with Gasteiger partial charge in [-0.05, 0) is 44.7 Å². The maximum Gasteiger partial charge on any atom is 0.313 e. The van der Waals surface area contributed by atoms with Gasteiger partial charge in [-0.25, -0.2) is 0 Å². The van der Waals surface area contributed by atoms with Gasteiger partial charge in [-0.15, -0.1) is 0 Å². The van der Waals surface area contributed by atoms with Gasteiger partial charge in [0.05, 0.1) is 6.61 Å². The van der Waals surface area contributed by atoms with E-state index in [0.717, 1.165) is 42.4 Å². The molecule has 1 heterocycles. The molecule has 2 fully saturated rings. The van der Waals surface area contributed by atoms with Crippen molar-refractivity contribution in [2.75, 3.05) is 18.5 Å². The number of carbonyl (C=O) groups is 2. The number of anilines is 1. The number of benzene rings is 1. The van der Waals surface area contributed by atoms with Crippen LogP contribution in [0.2, 0.25) is 0 Å². The first-order valence-corrected chi connectivity index (χ1v) is 9.37. The lowest BCUT2D eigenvalue weighted by molar-refractivity contribution is -0.186. The van der Waals surface area contributed by atoms with Crippen molar-refractivity contribution in [2.24, 2.45) is 0 Å². The van der Waals surface area contributed by atoms with E-state index in [1.54, 1.807) is 0 Å². The fourth-order valence-electron chi connectivity index (χ4n) is 3.90. The number of rotatable bonds is 3. The highest BCUT2D eigenvalue weighted by Crippen LogP contribution is 2.37. The molecule has 0 bridgehead atoms. The van der Waals surface area contributed by atoms with E-state index in [-0.39, 0.29) is 12.6 Å². The minimum Gasteiger partial charge on any atom is -0.347 e. The first-order chi connectivity index (χ1) is 12.4. The van der Waals surface area contributed by atoms with Crippen LogP contribution < -0.4 is 10.6 Å². The van der Waals surface area contributed by atoms with Gasteiger partial charge in [-0.2, -0.15) is 0 Å². The average Bonchev–Trinajstić information content (AvgIpc) is 2.98. The Balaban J connectivity index is 1.50. The zero-order valence-corrected chi connectivity index (χ0v) is 15.8. The molecule has 0 aromatic heterocycles. The standard InChI is InChI=1S/C20H28N2O4/c1-13-9-14(2)17(15(3)10-13)22-19(24)18(23)21-11-16-12-25-20(26-16)7-5-4-6-8-20/h9-10,16H,4-8,11-12H2,1-3H3,(H,21,23)(H,22,24). The van der Waals surface area contributed by atoms with Gasteiger partial charge in [-0.3, -0.25) is 9.59 Å². The molecular formula is C20H28N2O4. The van der Waals surface area contributed by atoms with Crippen LogP contribution in [0.1, 0.15) is 48.8 Å². The summed E-state index contributed by atoms with van der Waals surface area (Å²) in [5.41, 5.74) is 3.70. The van der Waals surface area contributed by atoms with E-state index in [1.165, 1.54) is 6.42 Å². The van der Waals surface area contributed by atoms with E-state index in [1.807, 2.05) is 32.9 Å². The summed E-state index contributed by atoms with van der Waals surface area (Å²) >= 11 is 0. The Bertz CT molecular complexity index is 672. The monoisotopic (exact) mass is 360 g/mol. The smallest absolute Gasteiger partial charge is 0.313 e. The molecule has 1 aliphatic carbocycles. The van der Waals surface area contributed by atoms with Crippen LogP contribution >= 0.6 is 0 Å². The zero-order valence-electron chi connectivity index (χ0n) is 15.8. The number of nitrogens with one attached hydrogen (secondary N) is 2. The van der Waals surface area contributed by atoms with E-state index in [4.69, 9.17) is 9.47 Å². The number of hydrogen-bond donors (Lipinski definition) is 2. The molecule has 3 rings (SSSR count). The molecule has 1 atom stereocenters. The Kier molecular flexibility index (Phi) is 5.63. The van der Waals surface area contributed by atoms with Crippen molar-refractivity contribution in [1.82, 2.24) is 5.32 Å². The van der Waals surface area contributed by atoms with Crippen molar-refractivity contribution in [3.63, 3.8) is 0 Å². The SMILES string of the molecule is Cc1cc(C)c(NC(=O)C(=O)NCC2COC3(CCCCC3)O2)c(C)c1. The Hall–Kier alpha value is -1.92. The molecule has 0 radical (unpaired) electrons. The number of aryl methyl sites for hydroxylation is 3. The van der Waals surface area contributed by atoms with Crippen LogP contribution in [-0.4, -0.2) is 36.9 Å². The highest BCUT2D eigenvalue weighted by Gasteiger charge is 2.42. The number of ether oxygens (including phenoxy) is 2. The Labute approximate surface area is 154 Å². The molecule has 6 heteroatoms. The van der Waals surface area contributed by atoms with Crippen LogP contribution in [0.5, 0.6) is 0 Å². The van der Waals surface area contributed by atoms with Crippen LogP contribution in [0.25, 0.3) is 0 Å². The fourth-order valence-corrected chi connectivity index (χ4v) is 3.90. The van der Waals surface area contributed by atoms with Gasteiger partial charge in [0.2, 0.25) is 0 Å². The lowest BCUT2D eigenvalue weighted by Gasteiger charge is -2.31. The van der Waals surface area contributed by atoms with Crippen molar-refractivity contribution in [2.45, 2.75) is 64.8 Å². The zero-order chi connectivity index (χ0) is 18.7. The topological polar surface area (TPSA) is 76.7 Å². The number of amides is 2. The highest BCUT2D eigenvalue weighted by molar-refractivity contribution is 6.39. The maximum absolute atomic E-state index is 12.2. The molecule has 142 valence electrons. The summed E-state index contributed by atoms with van der Waals surface area (Å²) in [5.74, 6) is -1.78. The maximum atomic E-state index is 12.2. The number of hydrogen-bond acceptors (Lipinski definition) is 4. The fraction of sp³-hybridized carbons (Fsp3) is 0.600. The molecule has 2 amide bonds. The third-order valence-electron chi connectivity index (χ3n) is 5.14. The summed E-state index contributed by atoms with van der Waals surface area (Å²) < 4.78 is 11.9. The van der Waals surface area contributed by atoms with E-state index in [9.17, 15) is 9.59 Å². The predicted molar refractivity (Wildman–Crippen MR) is 98.9 cm³/mol. The van der Waals surface area contributed by atoms with Crippen molar-refractivity contribution in [3.05, 3.63) is 28.8 Å². The van der Waals surface area contributed by atoms with E-state index in [2.05, 4.69) is 10.6 Å². The van der Waals surface area contributed by atoms with Gasteiger partial charge in [0, 0.05) is 25.1 Å². The molecule has 26 heavy (non-hydrogen) atoms. The molecule has 2 aliphatic rings. The van der Waals surface area contributed by atoms with Gasteiger partial charge in [-0.1, -0.05) is 24.1 Å². The summed E-state index contributed by atoms with van der Waals surface area (Å²) in [6.07, 6.45) is 5.04. The molecule has 1 aromatic rings. The molecule has 1 unspecified atom stereocenters. The summed E-state index contributed by atoms with van der Waals surface area (Å²) in [5, 5.41) is 5.38. The summed E-state index contributed by atoms with van der Waals surface area (Å²) in [7, 11) is 0. The molecule has 1 saturated carbocycles. The van der Waals surface area contributed by atoms with Crippen LogP contribution in [0, 0.1) is 20.8 Å². The van der Waals surface area contributed by atoms with E-state index < -0.39 is 17.6 Å². The molecule has 2 N–H and O–H groups in total. The largest absolute Gasteiger partial charge is 0.347 e.